The number of allylic oxidation sites excluding steroid dienone is 1. The van der Waals surface area contributed by atoms with Gasteiger partial charge in [-0.05, 0) is 69.9 Å². The van der Waals surface area contributed by atoms with Crippen LogP contribution in [0.25, 0.3) is 5.57 Å². The Morgan fingerprint density at radius 1 is 1.22 bits per heavy atom. The quantitative estimate of drug-likeness (QED) is 0.314. The minimum absolute atomic E-state index is 0.0106. The third kappa shape index (κ3) is 6.00. The molecule has 3 aliphatic rings. The van der Waals surface area contributed by atoms with E-state index in [1.54, 1.807) is 13.1 Å². The molecule has 3 atom stereocenters. The smallest absolute Gasteiger partial charge is 0.225 e. The van der Waals surface area contributed by atoms with Gasteiger partial charge in [-0.25, -0.2) is 4.99 Å². The number of hydrogen-bond donors (Lipinski definition) is 1. The van der Waals surface area contributed by atoms with Crippen LogP contribution < -0.4 is 10.5 Å². The number of amidine groups is 1. The minimum Gasteiger partial charge on any atom is -0.493 e. The van der Waals surface area contributed by atoms with Crippen LogP contribution in [0.15, 0.2) is 53.6 Å². The Bertz CT molecular complexity index is 1270. The van der Waals surface area contributed by atoms with Gasteiger partial charge in [0.2, 0.25) is 5.91 Å². The summed E-state index contributed by atoms with van der Waals surface area (Å²) in [5, 5.41) is 0. The molecule has 1 aromatic rings. The highest BCUT2D eigenvalue weighted by atomic mass is 16.5. The monoisotopic (exact) mass is 560 g/mol. The van der Waals surface area contributed by atoms with Crippen LogP contribution in [0.5, 0.6) is 5.75 Å². The molecule has 1 amide bonds. The summed E-state index contributed by atoms with van der Waals surface area (Å²) >= 11 is 0. The summed E-state index contributed by atoms with van der Waals surface area (Å²) in [5.41, 5.74) is 10.6. The number of piperidine rings is 1. The number of hydrogen-bond acceptors (Lipinski definition) is 6. The van der Waals surface area contributed by atoms with E-state index in [0.29, 0.717) is 36.2 Å². The van der Waals surface area contributed by atoms with Gasteiger partial charge < -0.3 is 20.3 Å². The molecule has 2 N–H and O–H groups in total. The summed E-state index contributed by atoms with van der Waals surface area (Å²) in [6, 6.07) is 5.92. The number of nitrogens with zero attached hydrogens (tertiary/aromatic N) is 3. The molecule has 7 heteroatoms. The van der Waals surface area contributed by atoms with Gasteiger partial charge in [0, 0.05) is 53.1 Å². The van der Waals surface area contributed by atoms with Crippen LogP contribution in [0.4, 0.5) is 0 Å². The lowest BCUT2D eigenvalue weighted by Gasteiger charge is -2.50. The number of Topliss-reactive ketones (excluding diaryl/α,β-unsaturated/α-hetero) is 1. The summed E-state index contributed by atoms with van der Waals surface area (Å²) in [4.78, 5) is 34.5. The minimum atomic E-state index is -0.333. The zero-order chi connectivity index (χ0) is 29.9. The predicted octanol–water partition coefficient (Wildman–Crippen LogP) is 6.91. The van der Waals surface area contributed by atoms with Crippen molar-refractivity contribution in [2.75, 3.05) is 13.2 Å². The second kappa shape index (κ2) is 12.7. The average molecular weight is 561 g/mol. The number of benzene rings is 1. The normalized spacial score (nSPS) is 24.8. The molecule has 222 valence electrons. The molecule has 1 aromatic carbocycles. The number of ether oxygens (including phenoxy) is 1. The predicted molar refractivity (Wildman–Crippen MR) is 166 cm³/mol. The summed E-state index contributed by atoms with van der Waals surface area (Å²) in [5.74, 6) is 1.64. The molecule has 2 aliphatic heterocycles. The third-order valence-corrected chi connectivity index (χ3v) is 9.44. The largest absolute Gasteiger partial charge is 0.493 e. The second-order valence-electron chi connectivity index (χ2n) is 12.2. The highest BCUT2D eigenvalue weighted by Crippen LogP contribution is 2.46. The first-order valence-corrected chi connectivity index (χ1v) is 15.4. The van der Waals surface area contributed by atoms with E-state index in [-0.39, 0.29) is 29.1 Å². The summed E-state index contributed by atoms with van der Waals surface area (Å²) in [6.45, 7) is 18.0. The van der Waals surface area contributed by atoms with Gasteiger partial charge in [-0.15, -0.1) is 0 Å². The molecule has 2 heterocycles. The molecule has 0 bridgehead atoms. The molecule has 1 aliphatic carbocycles. The Labute approximate surface area is 246 Å². The number of carbonyl (C=O) groups is 2. The van der Waals surface area contributed by atoms with Crippen molar-refractivity contribution in [1.82, 2.24) is 9.80 Å². The summed E-state index contributed by atoms with van der Waals surface area (Å²) in [6.07, 6.45) is 10.5. The van der Waals surface area contributed by atoms with E-state index in [1.165, 1.54) is 0 Å². The Morgan fingerprint density at radius 3 is 2.54 bits per heavy atom. The number of likely N-dealkylation sites (tertiary alicyclic amines) is 1. The Hall–Kier alpha value is -3.35. The Balaban J connectivity index is 1.80. The van der Waals surface area contributed by atoms with Gasteiger partial charge in [-0.2, -0.15) is 0 Å². The third-order valence-electron chi connectivity index (χ3n) is 9.44. The van der Waals surface area contributed by atoms with Gasteiger partial charge in [-0.3, -0.25) is 9.59 Å². The topological polar surface area (TPSA) is 88.2 Å². The fraction of sp³-hybridized carbons (Fsp3) is 0.559. The first kappa shape index (κ1) is 30.6. The lowest BCUT2D eigenvalue weighted by molar-refractivity contribution is -0.144. The first-order valence-electron chi connectivity index (χ1n) is 15.4. The van der Waals surface area contributed by atoms with Gasteiger partial charge in [0.15, 0.2) is 5.78 Å². The van der Waals surface area contributed by atoms with Crippen LogP contribution in [0.1, 0.15) is 102 Å². The standard InChI is InChI=1S/C34H48N4O3/c1-8-22(4)30(28-15-14-26(23(5)39)20-29(28)41-10-3)31-32(35)36-18-19-37(31)24(6)34(7)17-16-27(9-2)38(21-34)33(40)25-12-11-13-25/h14-15,18-20,22,25,27H,6,8-13,16-17,21H2,1-5,7H3,(H2,35,36)/b31-30+/t22?,27?,34-/m0/s1. The van der Waals surface area contributed by atoms with E-state index in [2.05, 4.69) is 49.1 Å². The van der Waals surface area contributed by atoms with Gasteiger partial charge >= 0.3 is 0 Å². The lowest BCUT2D eigenvalue weighted by atomic mass is 9.74. The van der Waals surface area contributed by atoms with Crippen LogP contribution >= 0.6 is 0 Å². The molecular weight excluding hydrogens is 512 g/mol. The van der Waals surface area contributed by atoms with Crippen LogP contribution in [0, 0.1) is 17.3 Å². The number of rotatable bonds is 10. The van der Waals surface area contributed by atoms with Crippen molar-refractivity contribution in [3.8, 4) is 5.75 Å². The molecule has 1 saturated heterocycles. The van der Waals surface area contributed by atoms with Crippen molar-refractivity contribution in [3.63, 3.8) is 0 Å². The van der Waals surface area contributed by atoms with E-state index in [0.717, 1.165) is 67.5 Å². The van der Waals surface area contributed by atoms with E-state index in [1.807, 2.05) is 31.3 Å². The molecule has 1 saturated carbocycles. The molecule has 0 aromatic heterocycles. The maximum absolute atomic E-state index is 13.5. The van der Waals surface area contributed by atoms with Crippen LogP contribution in [0.2, 0.25) is 0 Å². The van der Waals surface area contributed by atoms with E-state index >= 15 is 0 Å². The number of amides is 1. The number of carbonyl (C=O) groups excluding carboxylic acids is 2. The van der Waals surface area contributed by atoms with Crippen LogP contribution in [-0.4, -0.2) is 46.5 Å². The molecule has 2 fully saturated rings. The van der Waals surface area contributed by atoms with Crippen molar-refractivity contribution in [2.45, 2.75) is 92.5 Å². The number of nitrogens with two attached hydrogens (primary N) is 1. The molecular formula is C34H48N4O3. The van der Waals surface area contributed by atoms with Gasteiger partial charge in [-0.1, -0.05) is 52.8 Å². The number of aliphatic imine (C=N–C) groups is 1. The van der Waals surface area contributed by atoms with Crippen molar-refractivity contribution >= 4 is 23.1 Å². The second-order valence-corrected chi connectivity index (χ2v) is 12.2. The lowest BCUT2D eigenvalue weighted by Crippen LogP contribution is -2.54. The Morgan fingerprint density at radius 2 is 1.95 bits per heavy atom. The van der Waals surface area contributed by atoms with Crippen molar-refractivity contribution in [1.29, 1.82) is 0 Å². The molecule has 0 radical (unpaired) electrons. The van der Waals surface area contributed by atoms with Gasteiger partial charge in [0.05, 0.1) is 12.3 Å². The molecule has 2 unspecified atom stereocenters. The van der Waals surface area contributed by atoms with E-state index in [4.69, 9.17) is 10.5 Å². The summed E-state index contributed by atoms with van der Waals surface area (Å²) in [7, 11) is 0. The number of ketones is 1. The highest BCUT2D eigenvalue weighted by Gasteiger charge is 2.44. The fourth-order valence-electron chi connectivity index (χ4n) is 6.32. The highest BCUT2D eigenvalue weighted by molar-refractivity contribution is 6.05. The molecule has 0 spiro atoms. The van der Waals surface area contributed by atoms with Gasteiger partial charge in [0.1, 0.15) is 11.6 Å². The fourth-order valence-corrected chi connectivity index (χ4v) is 6.32. The van der Waals surface area contributed by atoms with E-state index in [9.17, 15) is 9.59 Å². The van der Waals surface area contributed by atoms with Crippen molar-refractivity contribution in [2.24, 2.45) is 28.0 Å². The van der Waals surface area contributed by atoms with Crippen molar-refractivity contribution in [3.05, 3.63) is 59.7 Å². The van der Waals surface area contributed by atoms with Crippen LogP contribution in [0.3, 0.4) is 0 Å². The first-order chi connectivity index (χ1) is 19.6. The zero-order valence-corrected chi connectivity index (χ0v) is 25.8. The molecule has 7 nitrogen and oxygen atoms in total. The summed E-state index contributed by atoms with van der Waals surface area (Å²) < 4.78 is 6.09. The Kier molecular flexibility index (Phi) is 9.45. The molecule has 41 heavy (non-hydrogen) atoms. The van der Waals surface area contributed by atoms with E-state index < -0.39 is 0 Å². The average Bonchev–Trinajstić information content (AvgIpc) is 2.93. The van der Waals surface area contributed by atoms with Crippen molar-refractivity contribution < 1.29 is 14.3 Å². The zero-order valence-electron chi connectivity index (χ0n) is 25.8. The maximum atomic E-state index is 13.5. The van der Waals surface area contributed by atoms with Gasteiger partial charge in [0.25, 0.3) is 0 Å². The SMILES string of the molecule is C=C(N1C=CN=C(N)/C1=C(\c1ccc(C(C)=O)cc1OCC)C(C)CC)[C@@]1(C)CCC(CC)N(C(=O)C2CCC2)C1. The maximum Gasteiger partial charge on any atom is 0.225 e. The molecule has 4 rings (SSSR count). The van der Waals surface area contributed by atoms with Crippen LogP contribution in [-0.2, 0) is 4.79 Å².